The number of nitrogens with one attached hydrogen (secondary N) is 1. The van der Waals surface area contributed by atoms with E-state index in [2.05, 4.69) is 85.8 Å². The first kappa shape index (κ1) is 21.6. The lowest BCUT2D eigenvalue weighted by Gasteiger charge is -2.38. The molecule has 0 fully saturated rings. The third kappa shape index (κ3) is 5.49. The summed E-state index contributed by atoms with van der Waals surface area (Å²) >= 11 is 0. The molecule has 0 saturated carbocycles. The molecule has 3 nitrogen and oxygen atoms in total. The first-order valence-electron chi connectivity index (χ1n) is 11.0. The van der Waals surface area contributed by atoms with Crippen molar-refractivity contribution in [1.82, 2.24) is 10.2 Å². The van der Waals surface area contributed by atoms with Crippen LogP contribution in [0.5, 0.6) is 0 Å². The largest absolute Gasteiger partial charge is 0.399 e. The minimum Gasteiger partial charge on any atom is -0.399 e. The van der Waals surface area contributed by atoms with Gasteiger partial charge < -0.3 is 11.1 Å². The van der Waals surface area contributed by atoms with Crippen LogP contribution < -0.4 is 11.1 Å². The highest BCUT2D eigenvalue weighted by atomic mass is 15.3. The second-order valence-electron chi connectivity index (χ2n) is 8.69. The van der Waals surface area contributed by atoms with Crippen LogP contribution in [0, 0.1) is 17.8 Å². The molecule has 29 heavy (non-hydrogen) atoms. The third-order valence-corrected chi connectivity index (χ3v) is 6.46. The number of hydrogen-bond donors (Lipinski definition) is 2. The van der Waals surface area contributed by atoms with Crippen molar-refractivity contribution in [2.24, 2.45) is 17.8 Å². The SMILES string of the molecule is CNC(c1cccc(N)c1)N(C)C(CCC1C=CC=CC1C)C1=CCC(C)C=C1. The predicted molar refractivity (Wildman–Crippen MR) is 125 cm³/mol. The average molecular weight is 392 g/mol. The Morgan fingerprint density at radius 2 is 1.97 bits per heavy atom. The van der Waals surface area contributed by atoms with Crippen molar-refractivity contribution in [1.29, 1.82) is 0 Å². The van der Waals surface area contributed by atoms with Crippen LogP contribution in [-0.2, 0) is 0 Å². The summed E-state index contributed by atoms with van der Waals surface area (Å²) in [6.07, 6.45) is 19.8. The van der Waals surface area contributed by atoms with Crippen molar-refractivity contribution in [3.05, 3.63) is 77.9 Å². The average Bonchev–Trinajstić information content (AvgIpc) is 2.71. The van der Waals surface area contributed by atoms with Gasteiger partial charge in [-0.3, -0.25) is 4.90 Å². The highest BCUT2D eigenvalue weighted by molar-refractivity contribution is 5.42. The van der Waals surface area contributed by atoms with E-state index in [1.807, 2.05) is 19.2 Å². The molecule has 0 spiro atoms. The Bertz CT molecular complexity index is 789. The van der Waals surface area contributed by atoms with Crippen molar-refractivity contribution in [3.63, 3.8) is 0 Å². The lowest BCUT2D eigenvalue weighted by atomic mass is 9.83. The van der Waals surface area contributed by atoms with E-state index in [1.165, 1.54) is 17.6 Å². The molecule has 5 unspecified atom stereocenters. The Labute approximate surface area is 177 Å². The van der Waals surface area contributed by atoms with Gasteiger partial charge in [0.15, 0.2) is 0 Å². The summed E-state index contributed by atoms with van der Waals surface area (Å²) in [6, 6.07) is 8.60. The van der Waals surface area contributed by atoms with E-state index in [-0.39, 0.29) is 6.17 Å². The number of nitrogen functional groups attached to an aromatic ring is 1. The van der Waals surface area contributed by atoms with Crippen molar-refractivity contribution >= 4 is 5.69 Å². The summed E-state index contributed by atoms with van der Waals surface area (Å²) in [5, 5.41) is 3.51. The normalized spacial score (nSPS) is 25.8. The van der Waals surface area contributed by atoms with Gasteiger partial charge in [-0.2, -0.15) is 0 Å². The molecule has 0 heterocycles. The number of benzene rings is 1. The zero-order valence-corrected chi connectivity index (χ0v) is 18.4. The van der Waals surface area contributed by atoms with Crippen molar-refractivity contribution < 1.29 is 0 Å². The Morgan fingerprint density at radius 3 is 2.62 bits per heavy atom. The Morgan fingerprint density at radius 1 is 1.17 bits per heavy atom. The molecule has 3 heteroatoms. The smallest absolute Gasteiger partial charge is 0.0861 e. The van der Waals surface area contributed by atoms with Gasteiger partial charge in [-0.25, -0.2) is 0 Å². The fourth-order valence-corrected chi connectivity index (χ4v) is 4.58. The fourth-order valence-electron chi connectivity index (χ4n) is 4.58. The molecule has 0 aromatic heterocycles. The number of nitrogens with zero attached hydrogens (tertiary/aromatic N) is 1. The van der Waals surface area contributed by atoms with Gasteiger partial charge in [0.05, 0.1) is 6.17 Å². The van der Waals surface area contributed by atoms with Gasteiger partial charge >= 0.3 is 0 Å². The molecule has 3 N–H and O–H groups in total. The first-order valence-corrected chi connectivity index (χ1v) is 11.0. The van der Waals surface area contributed by atoms with Crippen LogP contribution in [0.15, 0.2) is 72.4 Å². The monoisotopic (exact) mass is 391 g/mol. The van der Waals surface area contributed by atoms with Crippen LogP contribution in [0.25, 0.3) is 0 Å². The van der Waals surface area contributed by atoms with Crippen LogP contribution in [0.1, 0.15) is 44.8 Å². The zero-order chi connectivity index (χ0) is 20.8. The number of nitrogens with two attached hydrogens (primary N) is 1. The zero-order valence-electron chi connectivity index (χ0n) is 18.4. The summed E-state index contributed by atoms with van der Waals surface area (Å²) in [5.41, 5.74) is 9.54. The molecule has 1 aromatic rings. The van der Waals surface area contributed by atoms with Gasteiger partial charge in [-0.05, 0) is 74.4 Å². The third-order valence-electron chi connectivity index (χ3n) is 6.46. The quantitative estimate of drug-likeness (QED) is 0.456. The van der Waals surface area contributed by atoms with E-state index in [1.54, 1.807) is 0 Å². The van der Waals surface area contributed by atoms with Crippen LogP contribution in [0.4, 0.5) is 5.69 Å². The highest BCUT2D eigenvalue weighted by Gasteiger charge is 2.27. The van der Waals surface area contributed by atoms with Gasteiger partial charge in [0.2, 0.25) is 0 Å². The lowest BCUT2D eigenvalue weighted by molar-refractivity contribution is 0.160. The standard InChI is InChI=1S/C26H37N3/c1-19-12-14-22(15-13-19)25(17-16-21-9-6-5-8-20(21)2)29(4)26(28-3)23-10-7-11-24(27)18-23/h5-12,14-15,18-21,25-26,28H,13,16-17,27H2,1-4H3. The molecular formula is C26H37N3. The Balaban J connectivity index is 1.82. The van der Waals surface area contributed by atoms with Gasteiger partial charge in [-0.15, -0.1) is 0 Å². The molecule has 0 aliphatic heterocycles. The summed E-state index contributed by atoms with van der Waals surface area (Å²) in [7, 11) is 4.27. The van der Waals surface area contributed by atoms with Crippen molar-refractivity contribution in [2.45, 2.75) is 45.3 Å². The van der Waals surface area contributed by atoms with Crippen LogP contribution in [0.3, 0.4) is 0 Å². The maximum atomic E-state index is 6.07. The number of rotatable bonds is 8. The highest BCUT2D eigenvalue weighted by Crippen LogP contribution is 2.32. The van der Waals surface area contributed by atoms with Crippen LogP contribution in [0.2, 0.25) is 0 Å². The van der Waals surface area contributed by atoms with Crippen molar-refractivity contribution in [2.75, 3.05) is 19.8 Å². The predicted octanol–water partition coefficient (Wildman–Crippen LogP) is 5.47. The van der Waals surface area contributed by atoms with E-state index < -0.39 is 0 Å². The van der Waals surface area contributed by atoms with Crippen LogP contribution >= 0.6 is 0 Å². The van der Waals surface area contributed by atoms with Crippen molar-refractivity contribution in [3.8, 4) is 0 Å². The summed E-state index contributed by atoms with van der Waals surface area (Å²) in [5.74, 6) is 1.85. The van der Waals surface area contributed by atoms with E-state index in [9.17, 15) is 0 Å². The molecular weight excluding hydrogens is 354 g/mol. The van der Waals surface area contributed by atoms with Crippen LogP contribution in [-0.4, -0.2) is 25.0 Å². The van der Waals surface area contributed by atoms with Gasteiger partial charge in [0, 0.05) is 11.7 Å². The van der Waals surface area contributed by atoms with Gasteiger partial charge in [0.1, 0.15) is 0 Å². The molecule has 0 radical (unpaired) electrons. The summed E-state index contributed by atoms with van der Waals surface area (Å²) in [4.78, 5) is 2.48. The Kier molecular flexibility index (Phi) is 7.51. The van der Waals surface area contributed by atoms with E-state index in [0.717, 1.165) is 18.5 Å². The summed E-state index contributed by atoms with van der Waals surface area (Å²) in [6.45, 7) is 4.61. The summed E-state index contributed by atoms with van der Waals surface area (Å²) < 4.78 is 0. The maximum Gasteiger partial charge on any atom is 0.0861 e. The first-order chi connectivity index (χ1) is 14.0. The second kappa shape index (κ2) is 10.1. The molecule has 2 aliphatic rings. The number of anilines is 1. The van der Waals surface area contributed by atoms with E-state index in [4.69, 9.17) is 5.73 Å². The maximum absolute atomic E-state index is 6.07. The van der Waals surface area contributed by atoms with E-state index >= 15 is 0 Å². The molecule has 0 bridgehead atoms. The molecule has 0 saturated heterocycles. The molecule has 1 aromatic carbocycles. The topological polar surface area (TPSA) is 41.3 Å². The van der Waals surface area contributed by atoms with E-state index in [0.29, 0.717) is 23.8 Å². The van der Waals surface area contributed by atoms with Gasteiger partial charge in [-0.1, -0.05) is 68.5 Å². The second-order valence-corrected chi connectivity index (χ2v) is 8.69. The minimum atomic E-state index is 0.122. The fraction of sp³-hybridized carbons (Fsp3) is 0.462. The van der Waals surface area contributed by atoms with Gasteiger partial charge in [0.25, 0.3) is 0 Å². The number of allylic oxidation sites excluding steroid dienone is 6. The Hall–Kier alpha value is -2.10. The minimum absolute atomic E-state index is 0.122. The number of hydrogen-bond acceptors (Lipinski definition) is 3. The molecule has 3 rings (SSSR count). The molecule has 156 valence electrons. The molecule has 0 amide bonds. The molecule has 2 aliphatic carbocycles. The lowest BCUT2D eigenvalue weighted by Crippen LogP contribution is -2.42. The molecule has 5 atom stereocenters. The number of likely N-dealkylation sites (N-methyl/N-ethyl adjacent to an activating group) is 1.